The van der Waals surface area contributed by atoms with Crippen LogP contribution in [-0.4, -0.2) is 15.3 Å². The minimum Gasteiger partial charge on any atom is -0.336 e. The van der Waals surface area contributed by atoms with Crippen LogP contribution < -0.4 is 0 Å². The number of aromatic nitrogens is 2. The third-order valence-corrected chi connectivity index (χ3v) is 7.56. The van der Waals surface area contributed by atoms with Gasteiger partial charge in [0.05, 0.1) is 11.1 Å². The van der Waals surface area contributed by atoms with Crippen LogP contribution in [0.15, 0.2) is 61.2 Å². The Bertz CT molecular complexity index is 756. The molecule has 4 rings (SSSR count). The van der Waals surface area contributed by atoms with E-state index in [1.165, 1.54) is 34.9 Å². The van der Waals surface area contributed by atoms with E-state index in [9.17, 15) is 0 Å². The van der Waals surface area contributed by atoms with E-state index in [0.717, 1.165) is 6.54 Å². The molecule has 1 atom stereocenters. The third-order valence-electron chi connectivity index (χ3n) is 4.30. The van der Waals surface area contributed by atoms with Gasteiger partial charge in [0.25, 0.3) is 0 Å². The predicted octanol–water partition coefficient (Wildman–Crippen LogP) is 5.11. The maximum Gasteiger partial charge on any atom is 0.0946 e. The summed E-state index contributed by atoms with van der Waals surface area (Å²) in [5.74, 6) is 1.25. The zero-order valence-electron chi connectivity index (χ0n) is 12.3. The summed E-state index contributed by atoms with van der Waals surface area (Å²) in [7, 11) is 4.05. The molecule has 3 aromatic rings. The van der Waals surface area contributed by atoms with E-state index >= 15 is 0 Å². The maximum atomic E-state index is 4.22. The van der Waals surface area contributed by atoms with Gasteiger partial charge in [-0.15, -0.1) is 0 Å². The van der Waals surface area contributed by atoms with Crippen molar-refractivity contribution < 1.29 is 0 Å². The molecule has 2 aromatic carbocycles. The van der Waals surface area contributed by atoms with Gasteiger partial charge < -0.3 is 4.57 Å². The highest BCUT2D eigenvalue weighted by Gasteiger charge is 2.37. The monoisotopic (exact) mass is 326 g/mol. The van der Waals surface area contributed by atoms with Crippen LogP contribution in [0, 0.1) is 0 Å². The summed E-state index contributed by atoms with van der Waals surface area (Å²) in [4.78, 5) is 4.22. The van der Waals surface area contributed by atoms with E-state index in [-0.39, 0.29) is 4.75 Å². The van der Waals surface area contributed by atoms with Crippen molar-refractivity contribution in [2.24, 2.45) is 0 Å². The summed E-state index contributed by atoms with van der Waals surface area (Å²) < 4.78 is 2.35. The van der Waals surface area contributed by atoms with Crippen molar-refractivity contribution in [3.8, 4) is 0 Å². The van der Waals surface area contributed by atoms with Crippen LogP contribution in [0.3, 0.4) is 0 Å². The number of fused-ring (bicyclic) bond motifs is 1. The van der Waals surface area contributed by atoms with Crippen LogP contribution in [0.5, 0.6) is 0 Å². The fourth-order valence-corrected chi connectivity index (χ4v) is 6.51. The highest BCUT2D eigenvalue weighted by molar-refractivity contribution is 8.77. The topological polar surface area (TPSA) is 17.8 Å². The molecule has 112 valence electrons. The number of imidazole rings is 1. The largest absolute Gasteiger partial charge is 0.336 e. The Balaban J connectivity index is 1.85. The van der Waals surface area contributed by atoms with Gasteiger partial charge in [-0.05, 0) is 29.2 Å². The lowest BCUT2D eigenvalue weighted by Crippen LogP contribution is -2.29. The lowest BCUT2D eigenvalue weighted by molar-refractivity contribution is 0.477. The minimum absolute atomic E-state index is 0.129. The first kappa shape index (κ1) is 14.2. The second kappa shape index (κ2) is 6.01. The Morgan fingerprint density at radius 3 is 2.86 bits per heavy atom. The summed E-state index contributed by atoms with van der Waals surface area (Å²) in [5, 5.41) is 2.72. The van der Waals surface area contributed by atoms with Crippen molar-refractivity contribution in [2.45, 2.75) is 24.1 Å². The zero-order chi connectivity index (χ0) is 14.8. The van der Waals surface area contributed by atoms with E-state index in [0.29, 0.717) is 0 Å². The molecule has 1 aromatic heterocycles. The number of nitrogens with zero attached hydrogens (tertiary/aromatic N) is 2. The SMILES string of the molecule is c1ccc2c(C3(Cn4ccnc4)CCCSS3)cccc2c1. The van der Waals surface area contributed by atoms with Crippen LogP contribution in [-0.2, 0) is 11.3 Å². The van der Waals surface area contributed by atoms with Gasteiger partial charge in [-0.1, -0.05) is 64.1 Å². The first-order valence-electron chi connectivity index (χ1n) is 7.62. The van der Waals surface area contributed by atoms with Crippen molar-refractivity contribution in [1.29, 1.82) is 0 Å². The smallest absolute Gasteiger partial charge is 0.0946 e. The average Bonchev–Trinajstić information content (AvgIpc) is 3.08. The van der Waals surface area contributed by atoms with Gasteiger partial charge >= 0.3 is 0 Å². The molecule has 0 saturated carbocycles. The molecule has 22 heavy (non-hydrogen) atoms. The van der Waals surface area contributed by atoms with Crippen molar-refractivity contribution >= 4 is 32.4 Å². The van der Waals surface area contributed by atoms with Gasteiger partial charge in [-0.2, -0.15) is 0 Å². The van der Waals surface area contributed by atoms with Gasteiger partial charge in [-0.3, -0.25) is 0 Å². The Labute approximate surface area is 138 Å². The highest BCUT2D eigenvalue weighted by atomic mass is 33.1. The fourth-order valence-electron chi connectivity index (χ4n) is 3.28. The number of hydrogen-bond acceptors (Lipinski definition) is 3. The summed E-state index contributed by atoms with van der Waals surface area (Å²) in [5.41, 5.74) is 1.47. The molecule has 1 unspecified atom stereocenters. The second-order valence-corrected chi connectivity index (χ2v) is 8.56. The van der Waals surface area contributed by atoms with Gasteiger partial charge in [0.1, 0.15) is 0 Å². The van der Waals surface area contributed by atoms with E-state index in [1.807, 2.05) is 34.1 Å². The molecule has 1 fully saturated rings. The number of benzene rings is 2. The molecular formula is C18H18N2S2. The molecule has 0 N–H and O–H groups in total. The molecule has 0 aliphatic carbocycles. The van der Waals surface area contributed by atoms with Crippen LogP contribution >= 0.6 is 21.6 Å². The van der Waals surface area contributed by atoms with Crippen molar-refractivity contribution in [1.82, 2.24) is 9.55 Å². The molecule has 0 amide bonds. The summed E-state index contributed by atoms with van der Waals surface area (Å²) in [6.07, 6.45) is 8.38. The van der Waals surface area contributed by atoms with Gasteiger partial charge in [0.15, 0.2) is 0 Å². The molecule has 0 radical (unpaired) electrons. The fraction of sp³-hybridized carbons (Fsp3) is 0.278. The van der Waals surface area contributed by atoms with Gasteiger partial charge in [0, 0.05) is 24.7 Å². The van der Waals surface area contributed by atoms with Gasteiger partial charge in [0.2, 0.25) is 0 Å². The Morgan fingerprint density at radius 1 is 1.14 bits per heavy atom. The Hall–Kier alpha value is -1.39. The summed E-state index contributed by atoms with van der Waals surface area (Å²) in [6.45, 7) is 0.985. The lowest BCUT2D eigenvalue weighted by Gasteiger charge is -2.37. The zero-order valence-corrected chi connectivity index (χ0v) is 13.9. The van der Waals surface area contributed by atoms with Crippen LogP contribution in [0.1, 0.15) is 18.4 Å². The van der Waals surface area contributed by atoms with Crippen LogP contribution in [0.2, 0.25) is 0 Å². The number of hydrogen-bond donors (Lipinski definition) is 0. The first-order valence-corrected chi connectivity index (χ1v) is 9.94. The molecule has 0 spiro atoms. The van der Waals surface area contributed by atoms with E-state index in [4.69, 9.17) is 0 Å². The highest BCUT2D eigenvalue weighted by Crippen LogP contribution is 2.53. The molecule has 1 aliphatic rings. The maximum absolute atomic E-state index is 4.22. The quantitative estimate of drug-likeness (QED) is 0.623. The summed E-state index contributed by atoms with van der Waals surface area (Å²) >= 11 is 0. The molecular weight excluding hydrogens is 308 g/mol. The normalized spacial score (nSPS) is 22.0. The second-order valence-electron chi connectivity index (χ2n) is 5.76. The van der Waals surface area contributed by atoms with Crippen molar-refractivity contribution in [2.75, 3.05) is 5.75 Å². The van der Waals surface area contributed by atoms with Gasteiger partial charge in [-0.25, -0.2) is 4.98 Å². The predicted molar refractivity (Wildman–Crippen MR) is 97.1 cm³/mol. The molecule has 0 bridgehead atoms. The van der Waals surface area contributed by atoms with Crippen LogP contribution in [0.25, 0.3) is 10.8 Å². The molecule has 2 nitrogen and oxygen atoms in total. The average molecular weight is 326 g/mol. The Kier molecular flexibility index (Phi) is 3.89. The molecule has 1 aliphatic heterocycles. The summed E-state index contributed by atoms with van der Waals surface area (Å²) in [6, 6.07) is 15.5. The third kappa shape index (κ3) is 2.55. The van der Waals surface area contributed by atoms with Crippen molar-refractivity contribution in [3.05, 3.63) is 66.7 Å². The molecule has 2 heterocycles. The standard InChI is InChI=1S/C18H18N2S2/c1-2-7-16-15(5-1)6-3-8-17(16)18(9-4-12-21-22-18)13-20-11-10-19-14-20/h1-3,5-8,10-11,14H,4,9,12-13H2. The van der Waals surface area contributed by atoms with E-state index < -0.39 is 0 Å². The van der Waals surface area contributed by atoms with Crippen LogP contribution in [0.4, 0.5) is 0 Å². The van der Waals surface area contributed by atoms with Crippen molar-refractivity contribution in [3.63, 3.8) is 0 Å². The minimum atomic E-state index is 0.129. The van der Waals surface area contributed by atoms with E-state index in [2.05, 4.69) is 58.2 Å². The molecule has 4 heteroatoms. The Morgan fingerprint density at radius 2 is 2.05 bits per heavy atom. The first-order chi connectivity index (χ1) is 10.9. The molecule has 1 saturated heterocycles. The lowest BCUT2D eigenvalue weighted by atomic mass is 9.89. The van der Waals surface area contributed by atoms with E-state index in [1.54, 1.807) is 0 Å². The number of rotatable bonds is 3.